The monoisotopic (exact) mass is 248 g/mol. The number of hydrogen-bond acceptors (Lipinski definition) is 3. The van der Waals surface area contributed by atoms with Gasteiger partial charge in [0.2, 0.25) is 5.91 Å². The Morgan fingerprint density at radius 1 is 1.28 bits per heavy atom. The van der Waals surface area contributed by atoms with Crippen molar-refractivity contribution in [2.75, 3.05) is 11.9 Å². The van der Waals surface area contributed by atoms with E-state index in [-0.39, 0.29) is 18.4 Å². The van der Waals surface area contributed by atoms with Crippen LogP contribution in [0.15, 0.2) is 24.5 Å². The normalized spacial score (nSPS) is 23.6. The molecule has 0 radical (unpaired) electrons. The van der Waals surface area contributed by atoms with Crippen molar-refractivity contribution in [2.24, 2.45) is 11.8 Å². The van der Waals surface area contributed by atoms with Crippen LogP contribution in [0.5, 0.6) is 0 Å². The zero-order valence-electron chi connectivity index (χ0n) is 10.5. The van der Waals surface area contributed by atoms with Crippen LogP contribution in [0.1, 0.15) is 32.1 Å². The largest absolute Gasteiger partial charge is 0.396 e. The predicted octanol–water partition coefficient (Wildman–Crippen LogP) is 2.21. The molecule has 1 saturated carbocycles. The Bertz CT molecular complexity index is 373. The second-order valence-corrected chi connectivity index (χ2v) is 4.96. The number of aliphatic hydroxyl groups excluding tert-OH is 1. The number of nitrogens with zero attached hydrogens (tertiary/aromatic N) is 1. The molecule has 1 heterocycles. The maximum absolute atomic E-state index is 12.1. The average Bonchev–Trinajstić information content (AvgIpc) is 2.41. The molecule has 0 atom stereocenters. The Morgan fingerprint density at radius 2 is 1.94 bits per heavy atom. The maximum Gasteiger partial charge on any atom is 0.227 e. The Kier molecular flexibility index (Phi) is 4.70. The molecule has 0 bridgehead atoms. The van der Waals surface area contributed by atoms with Gasteiger partial charge in [-0.1, -0.05) is 0 Å². The molecule has 4 heteroatoms. The van der Waals surface area contributed by atoms with Crippen molar-refractivity contribution in [3.63, 3.8) is 0 Å². The number of nitrogens with one attached hydrogen (secondary N) is 1. The Balaban J connectivity index is 1.81. The van der Waals surface area contributed by atoms with Gasteiger partial charge in [-0.15, -0.1) is 0 Å². The van der Waals surface area contributed by atoms with Crippen LogP contribution in [-0.2, 0) is 4.79 Å². The van der Waals surface area contributed by atoms with Gasteiger partial charge in [-0.25, -0.2) is 0 Å². The minimum absolute atomic E-state index is 0.114. The third kappa shape index (κ3) is 3.53. The van der Waals surface area contributed by atoms with E-state index < -0.39 is 0 Å². The van der Waals surface area contributed by atoms with Crippen LogP contribution in [0.4, 0.5) is 5.69 Å². The molecule has 0 unspecified atom stereocenters. The summed E-state index contributed by atoms with van der Waals surface area (Å²) in [5, 5.41) is 11.8. The number of pyridine rings is 1. The molecular weight excluding hydrogens is 228 g/mol. The van der Waals surface area contributed by atoms with E-state index in [0.29, 0.717) is 5.92 Å². The molecule has 1 aromatic heterocycles. The Labute approximate surface area is 107 Å². The SMILES string of the molecule is O=C(Nc1ccncc1)C1CCC(CCO)CC1. The Morgan fingerprint density at radius 3 is 2.56 bits per heavy atom. The van der Waals surface area contributed by atoms with E-state index in [9.17, 15) is 4.79 Å². The van der Waals surface area contributed by atoms with Gasteiger partial charge < -0.3 is 10.4 Å². The van der Waals surface area contributed by atoms with E-state index >= 15 is 0 Å². The van der Waals surface area contributed by atoms with Crippen molar-refractivity contribution < 1.29 is 9.90 Å². The summed E-state index contributed by atoms with van der Waals surface area (Å²) in [5.41, 5.74) is 0.812. The van der Waals surface area contributed by atoms with Crippen molar-refractivity contribution in [3.8, 4) is 0 Å². The van der Waals surface area contributed by atoms with Crippen LogP contribution in [0.25, 0.3) is 0 Å². The molecule has 1 amide bonds. The lowest BCUT2D eigenvalue weighted by molar-refractivity contribution is -0.121. The number of amides is 1. The van der Waals surface area contributed by atoms with Crippen molar-refractivity contribution in [1.29, 1.82) is 0 Å². The van der Waals surface area contributed by atoms with Gasteiger partial charge in [0, 0.05) is 30.6 Å². The molecule has 1 aromatic rings. The summed E-state index contributed by atoms with van der Waals surface area (Å²) >= 11 is 0. The molecule has 0 aliphatic heterocycles. The molecule has 1 aliphatic carbocycles. The molecule has 98 valence electrons. The van der Waals surface area contributed by atoms with Crippen molar-refractivity contribution in [1.82, 2.24) is 4.98 Å². The minimum atomic E-state index is 0.114. The third-order valence-electron chi connectivity index (χ3n) is 3.70. The van der Waals surface area contributed by atoms with Crippen LogP contribution in [0.2, 0.25) is 0 Å². The van der Waals surface area contributed by atoms with Gasteiger partial charge in [-0.2, -0.15) is 0 Å². The number of carbonyl (C=O) groups is 1. The molecule has 2 N–H and O–H groups in total. The average molecular weight is 248 g/mol. The van der Waals surface area contributed by atoms with Crippen LogP contribution in [-0.4, -0.2) is 22.6 Å². The quantitative estimate of drug-likeness (QED) is 0.858. The molecular formula is C14H20N2O2. The fourth-order valence-corrected chi connectivity index (χ4v) is 2.58. The third-order valence-corrected chi connectivity index (χ3v) is 3.70. The van der Waals surface area contributed by atoms with Gasteiger partial charge in [0.15, 0.2) is 0 Å². The lowest BCUT2D eigenvalue weighted by Crippen LogP contribution is -2.27. The Hall–Kier alpha value is -1.42. The molecule has 0 aromatic carbocycles. The number of aromatic nitrogens is 1. The van der Waals surface area contributed by atoms with Gasteiger partial charge in [-0.05, 0) is 50.2 Å². The summed E-state index contributed by atoms with van der Waals surface area (Å²) < 4.78 is 0. The second-order valence-electron chi connectivity index (χ2n) is 4.96. The molecule has 1 aliphatic rings. The number of rotatable bonds is 4. The molecule has 0 spiro atoms. The zero-order chi connectivity index (χ0) is 12.8. The van der Waals surface area contributed by atoms with E-state index in [1.807, 2.05) is 0 Å². The molecule has 1 fully saturated rings. The predicted molar refractivity (Wildman–Crippen MR) is 70.0 cm³/mol. The fraction of sp³-hybridized carbons (Fsp3) is 0.571. The van der Waals surface area contributed by atoms with Crippen molar-refractivity contribution in [3.05, 3.63) is 24.5 Å². The van der Waals surface area contributed by atoms with Gasteiger partial charge in [0.25, 0.3) is 0 Å². The maximum atomic E-state index is 12.1. The van der Waals surface area contributed by atoms with Gasteiger partial charge in [0.1, 0.15) is 0 Å². The zero-order valence-corrected chi connectivity index (χ0v) is 10.5. The molecule has 4 nitrogen and oxygen atoms in total. The van der Waals surface area contributed by atoms with Gasteiger partial charge in [-0.3, -0.25) is 9.78 Å². The number of anilines is 1. The molecule has 18 heavy (non-hydrogen) atoms. The lowest BCUT2D eigenvalue weighted by Gasteiger charge is -2.27. The first-order chi connectivity index (χ1) is 8.79. The first-order valence-electron chi connectivity index (χ1n) is 6.61. The fourth-order valence-electron chi connectivity index (χ4n) is 2.58. The van der Waals surface area contributed by atoms with E-state index in [0.717, 1.165) is 37.8 Å². The van der Waals surface area contributed by atoms with Crippen LogP contribution >= 0.6 is 0 Å². The highest BCUT2D eigenvalue weighted by Gasteiger charge is 2.25. The van der Waals surface area contributed by atoms with E-state index in [1.54, 1.807) is 24.5 Å². The first-order valence-corrected chi connectivity index (χ1v) is 6.61. The van der Waals surface area contributed by atoms with Crippen LogP contribution in [0, 0.1) is 11.8 Å². The van der Waals surface area contributed by atoms with Gasteiger partial charge in [0.05, 0.1) is 0 Å². The summed E-state index contributed by atoms with van der Waals surface area (Å²) in [6.07, 6.45) is 8.19. The van der Waals surface area contributed by atoms with Crippen LogP contribution < -0.4 is 5.32 Å². The van der Waals surface area contributed by atoms with Crippen molar-refractivity contribution >= 4 is 11.6 Å². The summed E-state index contributed by atoms with van der Waals surface area (Å²) in [5.74, 6) is 0.830. The highest BCUT2D eigenvalue weighted by molar-refractivity contribution is 5.92. The number of aliphatic hydroxyl groups is 1. The van der Waals surface area contributed by atoms with E-state index in [4.69, 9.17) is 5.11 Å². The standard InChI is InChI=1S/C14H20N2O2/c17-10-7-11-1-3-12(4-2-11)14(18)16-13-5-8-15-9-6-13/h5-6,8-9,11-12,17H,1-4,7,10H2,(H,15,16,18). The lowest BCUT2D eigenvalue weighted by atomic mass is 9.80. The number of hydrogen-bond donors (Lipinski definition) is 2. The summed E-state index contributed by atoms with van der Waals surface area (Å²) in [6, 6.07) is 3.60. The van der Waals surface area contributed by atoms with Crippen molar-refractivity contribution in [2.45, 2.75) is 32.1 Å². The highest BCUT2D eigenvalue weighted by atomic mass is 16.3. The molecule has 0 saturated heterocycles. The van der Waals surface area contributed by atoms with E-state index in [1.165, 1.54) is 0 Å². The summed E-state index contributed by atoms with van der Waals surface area (Å²) in [6.45, 7) is 0.262. The second kappa shape index (κ2) is 6.50. The van der Waals surface area contributed by atoms with Gasteiger partial charge >= 0.3 is 0 Å². The summed E-state index contributed by atoms with van der Waals surface area (Å²) in [7, 11) is 0. The smallest absolute Gasteiger partial charge is 0.227 e. The van der Waals surface area contributed by atoms with Crippen LogP contribution in [0.3, 0.4) is 0 Å². The number of carbonyl (C=O) groups excluding carboxylic acids is 1. The topological polar surface area (TPSA) is 62.2 Å². The first kappa shape index (κ1) is 13.0. The molecule has 2 rings (SSSR count). The minimum Gasteiger partial charge on any atom is -0.396 e. The highest BCUT2D eigenvalue weighted by Crippen LogP contribution is 2.31. The van der Waals surface area contributed by atoms with E-state index in [2.05, 4.69) is 10.3 Å². The summed E-state index contributed by atoms with van der Waals surface area (Å²) in [4.78, 5) is 16.0.